The van der Waals surface area contributed by atoms with Crippen LogP contribution in [0.25, 0.3) is 0 Å². The molecule has 0 radical (unpaired) electrons. The molecule has 1 rings (SSSR count). The van der Waals surface area contributed by atoms with Gasteiger partial charge in [0.2, 0.25) is 10.0 Å². The maximum atomic E-state index is 13.9. The second kappa shape index (κ2) is 5.73. The van der Waals surface area contributed by atoms with Crippen LogP contribution in [0.2, 0.25) is 5.02 Å². The van der Waals surface area contributed by atoms with Crippen molar-refractivity contribution in [3.8, 4) is 0 Å². The van der Waals surface area contributed by atoms with E-state index in [4.69, 9.17) is 17.3 Å². The number of nitrogens with two attached hydrogens (primary N) is 1. The molecular formula is C10H13BrClFN2O2S. The third-order valence-electron chi connectivity index (χ3n) is 2.41. The summed E-state index contributed by atoms with van der Waals surface area (Å²) in [6.07, 6.45) is 0.584. The minimum absolute atomic E-state index is 0.0402. The molecule has 0 amide bonds. The summed E-state index contributed by atoms with van der Waals surface area (Å²) in [6, 6.07) is 0.722. The maximum Gasteiger partial charge on any atom is 0.243 e. The lowest BCUT2D eigenvalue weighted by atomic mass is 10.3. The molecule has 0 spiro atoms. The van der Waals surface area contributed by atoms with Crippen molar-refractivity contribution in [1.29, 1.82) is 0 Å². The van der Waals surface area contributed by atoms with Crippen molar-refractivity contribution in [2.75, 3.05) is 5.73 Å². The number of hydrogen-bond donors (Lipinski definition) is 2. The Balaban J connectivity index is 3.34. The van der Waals surface area contributed by atoms with Gasteiger partial charge in [0.25, 0.3) is 0 Å². The van der Waals surface area contributed by atoms with Crippen LogP contribution >= 0.6 is 27.5 Å². The van der Waals surface area contributed by atoms with Crippen LogP contribution < -0.4 is 10.5 Å². The third kappa shape index (κ3) is 3.14. The molecule has 1 unspecified atom stereocenters. The van der Waals surface area contributed by atoms with Gasteiger partial charge in [0.1, 0.15) is 4.90 Å². The molecule has 0 bridgehead atoms. The van der Waals surface area contributed by atoms with Crippen LogP contribution in [-0.2, 0) is 10.0 Å². The van der Waals surface area contributed by atoms with Crippen LogP contribution in [0.3, 0.4) is 0 Å². The number of rotatable bonds is 4. The zero-order chi connectivity index (χ0) is 14.1. The highest BCUT2D eigenvalue weighted by molar-refractivity contribution is 9.10. The molecule has 18 heavy (non-hydrogen) atoms. The second-order valence-corrected chi connectivity index (χ2v) is 6.71. The van der Waals surface area contributed by atoms with E-state index in [-0.39, 0.29) is 21.2 Å². The van der Waals surface area contributed by atoms with Gasteiger partial charge >= 0.3 is 0 Å². The molecule has 1 atom stereocenters. The van der Waals surface area contributed by atoms with Crippen LogP contribution in [0.1, 0.15) is 20.3 Å². The number of anilines is 1. The monoisotopic (exact) mass is 358 g/mol. The summed E-state index contributed by atoms with van der Waals surface area (Å²) in [5, 5.41) is 0.0402. The van der Waals surface area contributed by atoms with Crippen molar-refractivity contribution >= 4 is 43.2 Å². The van der Waals surface area contributed by atoms with Gasteiger partial charge in [-0.1, -0.05) is 18.5 Å². The van der Waals surface area contributed by atoms with E-state index in [0.717, 1.165) is 6.07 Å². The molecule has 0 saturated carbocycles. The maximum absolute atomic E-state index is 13.9. The lowest BCUT2D eigenvalue weighted by molar-refractivity contribution is 0.540. The van der Waals surface area contributed by atoms with Gasteiger partial charge in [0.05, 0.1) is 15.2 Å². The van der Waals surface area contributed by atoms with E-state index in [2.05, 4.69) is 20.7 Å². The molecule has 102 valence electrons. The van der Waals surface area contributed by atoms with Crippen molar-refractivity contribution < 1.29 is 12.8 Å². The fourth-order valence-corrected chi connectivity index (χ4v) is 3.21. The van der Waals surface area contributed by atoms with Crippen molar-refractivity contribution in [1.82, 2.24) is 4.72 Å². The Morgan fingerprint density at radius 3 is 2.67 bits per heavy atom. The molecule has 0 aliphatic carbocycles. The molecule has 0 heterocycles. The van der Waals surface area contributed by atoms with Crippen molar-refractivity contribution in [2.45, 2.75) is 31.2 Å². The standard InChI is InChI=1S/C10H13BrClFN2O2S/c1-3-5(2)15-18(16,17)7-4-6(12)8(11)10(14)9(7)13/h4-5,15H,3,14H2,1-2H3. The molecule has 0 fully saturated rings. The van der Waals surface area contributed by atoms with Gasteiger partial charge in [-0.15, -0.1) is 0 Å². The quantitative estimate of drug-likeness (QED) is 0.641. The summed E-state index contributed by atoms with van der Waals surface area (Å²) in [4.78, 5) is -0.548. The van der Waals surface area contributed by atoms with E-state index in [0.29, 0.717) is 6.42 Å². The van der Waals surface area contributed by atoms with E-state index in [9.17, 15) is 12.8 Å². The summed E-state index contributed by atoms with van der Waals surface area (Å²) >= 11 is 8.76. The van der Waals surface area contributed by atoms with Gasteiger partial charge in [-0.3, -0.25) is 0 Å². The highest BCUT2D eigenvalue weighted by Crippen LogP contribution is 2.34. The Labute approximate surface area is 119 Å². The Kier molecular flexibility index (Phi) is 4.99. The third-order valence-corrected chi connectivity index (χ3v) is 5.38. The fraction of sp³-hybridized carbons (Fsp3) is 0.400. The molecule has 0 aromatic heterocycles. The summed E-state index contributed by atoms with van der Waals surface area (Å²) < 4.78 is 40.3. The lowest BCUT2D eigenvalue weighted by Crippen LogP contribution is -2.32. The molecule has 0 aliphatic heterocycles. The smallest absolute Gasteiger partial charge is 0.243 e. The van der Waals surface area contributed by atoms with Gasteiger partial charge in [0.15, 0.2) is 5.82 Å². The number of sulfonamides is 1. The Bertz CT molecular complexity index is 565. The minimum atomic E-state index is -3.97. The molecule has 0 saturated heterocycles. The highest BCUT2D eigenvalue weighted by Gasteiger charge is 2.25. The minimum Gasteiger partial charge on any atom is -0.395 e. The van der Waals surface area contributed by atoms with Gasteiger partial charge in [-0.05, 0) is 35.3 Å². The predicted molar refractivity (Wildman–Crippen MR) is 73.6 cm³/mol. The molecule has 3 N–H and O–H groups in total. The molecule has 8 heteroatoms. The SMILES string of the molecule is CCC(C)NS(=O)(=O)c1cc(Cl)c(Br)c(N)c1F. The highest BCUT2D eigenvalue weighted by atomic mass is 79.9. The Morgan fingerprint density at radius 1 is 1.61 bits per heavy atom. The van der Waals surface area contributed by atoms with E-state index in [1.165, 1.54) is 0 Å². The largest absolute Gasteiger partial charge is 0.395 e. The van der Waals surface area contributed by atoms with Crippen molar-refractivity contribution in [3.05, 3.63) is 21.4 Å². The normalized spacial score (nSPS) is 13.6. The summed E-state index contributed by atoms with van der Waals surface area (Å²) in [5.74, 6) is -1.01. The van der Waals surface area contributed by atoms with Crippen LogP contribution in [0, 0.1) is 5.82 Å². The Hall–Kier alpha value is -0.370. The molecule has 0 aliphatic rings. The number of benzene rings is 1. The average molecular weight is 360 g/mol. The second-order valence-electron chi connectivity index (χ2n) is 3.83. The molecule has 1 aromatic rings. The number of nitrogens with one attached hydrogen (secondary N) is 1. The number of hydrogen-bond acceptors (Lipinski definition) is 3. The van der Waals surface area contributed by atoms with E-state index >= 15 is 0 Å². The van der Waals surface area contributed by atoms with E-state index in [1.807, 2.05) is 6.92 Å². The summed E-state index contributed by atoms with van der Waals surface area (Å²) in [5.41, 5.74) is 5.12. The Morgan fingerprint density at radius 2 is 2.17 bits per heavy atom. The van der Waals surface area contributed by atoms with Gasteiger partial charge in [-0.2, -0.15) is 0 Å². The predicted octanol–water partition coefficient (Wildman–Crippen LogP) is 2.90. The lowest BCUT2D eigenvalue weighted by Gasteiger charge is -2.14. The first-order chi connectivity index (χ1) is 8.20. The number of halogens is 3. The average Bonchev–Trinajstić information content (AvgIpc) is 2.30. The van der Waals surface area contributed by atoms with Crippen LogP contribution in [0.5, 0.6) is 0 Å². The van der Waals surface area contributed by atoms with Crippen LogP contribution in [-0.4, -0.2) is 14.5 Å². The van der Waals surface area contributed by atoms with Gasteiger partial charge < -0.3 is 5.73 Å². The topological polar surface area (TPSA) is 72.2 Å². The zero-order valence-electron chi connectivity index (χ0n) is 9.80. The van der Waals surface area contributed by atoms with Crippen LogP contribution in [0.15, 0.2) is 15.4 Å². The molecule has 1 aromatic carbocycles. The van der Waals surface area contributed by atoms with E-state index in [1.54, 1.807) is 6.92 Å². The molecule has 4 nitrogen and oxygen atoms in total. The fourth-order valence-electron chi connectivity index (χ4n) is 1.21. The van der Waals surface area contributed by atoms with Crippen molar-refractivity contribution in [3.63, 3.8) is 0 Å². The van der Waals surface area contributed by atoms with Crippen LogP contribution in [0.4, 0.5) is 10.1 Å². The van der Waals surface area contributed by atoms with Gasteiger partial charge in [0, 0.05) is 6.04 Å². The molecular weight excluding hydrogens is 347 g/mol. The number of nitrogen functional groups attached to an aromatic ring is 1. The van der Waals surface area contributed by atoms with E-state index < -0.39 is 20.7 Å². The first-order valence-electron chi connectivity index (χ1n) is 5.16. The summed E-state index contributed by atoms with van der Waals surface area (Å²) in [6.45, 7) is 3.49. The first kappa shape index (κ1) is 15.7. The first-order valence-corrected chi connectivity index (χ1v) is 7.81. The van der Waals surface area contributed by atoms with Gasteiger partial charge in [-0.25, -0.2) is 17.5 Å². The summed E-state index contributed by atoms with van der Waals surface area (Å²) in [7, 11) is -3.97. The van der Waals surface area contributed by atoms with Crippen molar-refractivity contribution in [2.24, 2.45) is 0 Å². The zero-order valence-corrected chi connectivity index (χ0v) is 13.0.